The number of benzene rings is 1. The number of imidazole rings is 1. The van der Waals surface area contributed by atoms with Crippen LogP contribution in [0.2, 0.25) is 0 Å². The van der Waals surface area contributed by atoms with E-state index in [1.165, 1.54) is 24.5 Å². The zero-order valence-corrected chi connectivity index (χ0v) is 17.9. The van der Waals surface area contributed by atoms with Gasteiger partial charge < -0.3 is 14.6 Å². The summed E-state index contributed by atoms with van der Waals surface area (Å²) in [5.41, 5.74) is 1.34. The summed E-state index contributed by atoms with van der Waals surface area (Å²) in [4.78, 5) is 21.3. The maximum atomic E-state index is 15.1. The molecule has 1 N–H and O–H groups in total. The van der Waals surface area contributed by atoms with Crippen molar-refractivity contribution in [1.82, 2.24) is 23.4 Å². The predicted octanol–water partition coefficient (Wildman–Crippen LogP) is 3.19. The Morgan fingerprint density at radius 2 is 1.97 bits per heavy atom. The van der Waals surface area contributed by atoms with Crippen LogP contribution < -0.4 is 0 Å². The molecule has 1 fully saturated rings. The van der Waals surface area contributed by atoms with Gasteiger partial charge in [-0.25, -0.2) is 31.5 Å². The van der Waals surface area contributed by atoms with Gasteiger partial charge in [-0.15, -0.1) is 0 Å². The number of likely N-dealkylation sites (tertiary alicyclic amines) is 1. The van der Waals surface area contributed by atoms with E-state index >= 15 is 4.39 Å². The summed E-state index contributed by atoms with van der Waals surface area (Å²) in [5.74, 6) is 0.560. The van der Waals surface area contributed by atoms with E-state index in [1.807, 2.05) is 0 Å². The van der Waals surface area contributed by atoms with Gasteiger partial charge >= 0.3 is 6.09 Å². The first-order valence-corrected chi connectivity index (χ1v) is 11.5. The van der Waals surface area contributed by atoms with Crippen LogP contribution in [-0.4, -0.2) is 62.3 Å². The fraction of sp³-hybridized carbons (Fsp3) is 0.286. The molecule has 1 amide bonds. The minimum absolute atomic E-state index is 0.133. The van der Waals surface area contributed by atoms with Gasteiger partial charge in [0.25, 0.3) is 10.0 Å². The highest BCUT2D eigenvalue weighted by molar-refractivity contribution is 7.90. The molecule has 1 aromatic carbocycles. The first kappa shape index (κ1) is 20.4. The Morgan fingerprint density at radius 3 is 2.66 bits per heavy atom. The number of pyridine rings is 1. The largest absolute Gasteiger partial charge is 0.465 e. The molecule has 166 valence electrons. The third-order valence-electron chi connectivity index (χ3n) is 5.91. The van der Waals surface area contributed by atoms with Gasteiger partial charge in [0.2, 0.25) is 0 Å². The number of fused-ring (bicyclic) bond motifs is 3. The fourth-order valence-electron chi connectivity index (χ4n) is 4.43. The lowest BCUT2D eigenvalue weighted by Crippen LogP contribution is -2.45. The standard InChI is InChI=1S/C21H20FN5O4S/c1-13-24-17-11-23-20-15(7-10-26(20)32(30,31)14-5-3-2-4-6-14)19(17)27(13)18-8-9-25(21(28)29)12-16(18)22/h2-7,10-11,16,18H,8-9,12H2,1H3,(H,28,29)/t16-,18-/m1/s1. The van der Waals surface area contributed by atoms with Gasteiger partial charge in [-0.1, -0.05) is 18.2 Å². The molecule has 0 bridgehead atoms. The van der Waals surface area contributed by atoms with Crippen molar-refractivity contribution in [3.05, 3.63) is 54.6 Å². The zero-order valence-electron chi connectivity index (χ0n) is 17.1. The van der Waals surface area contributed by atoms with Crippen molar-refractivity contribution in [1.29, 1.82) is 0 Å². The molecular formula is C21H20FN5O4S. The summed E-state index contributed by atoms with van der Waals surface area (Å²) in [7, 11) is -3.87. The minimum atomic E-state index is -3.87. The second-order valence-corrected chi connectivity index (χ2v) is 9.60. The summed E-state index contributed by atoms with van der Waals surface area (Å²) in [6.45, 7) is 1.73. The van der Waals surface area contributed by atoms with Gasteiger partial charge in [0.05, 0.1) is 29.2 Å². The van der Waals surface area contributed by atoms with E-state index in [4.69, 9.17) is 0 Å². The molecule has 11 heteroatoms. The number of amides is 1. The van der Waals surface area contributed by atoms with E-state index in [1.54, 1.807) is 35.8 Å². The number of hydrogen-bond acceptors (Lipinski definition) is 5. The first-order chi connectivity index (χ1) is 15.3. The van der Waals surface area contributed by atoms with Crippen molar-refractivity contribution < 1.29 is 22.7 Å². The number of aromatic nitrogens is 4. The van der Waals surface area contributed by atoms with Crippen LogP contribution in [0.15, 0.2) is 53.7 Å². The highest BCUT2D eigenvalue weighted by Gasteiger charge is 2.35. The fourth-order valence-corrected chi connectivity index (χ4v) is 5.75. The van der Waals surface area contributed by atoms with Crippen LogP contribution in [0, 0.1) is 6.92 Å². The van der Waals surface area contributed by atoms with Crippen molar-refractivity contribution >= 4 is 38.2 Å². The quantitative estimate of drug-likeness (QED) is 0.506. The van der Waals surface area contributed by atoms with E-state index in [2.05, 4.69) is 9.97 Å². The highest BCUT2D eigenvalue weighted by atomic mass is 32.2. The lowest BCUT2D eigenvalue weighted by molar-refractivity contribution is 0.0800. The molecule has 5 rings (SSSR count). The van der Waals surface area contributed by atoms with Gasteiger partial charge in [-0.05, 0) is 31.5 Å². The molecule has 0 saturated carbocycles. The third-order valence-corrected chi connectivity index (χ3v) is 7.59. The number of halogens is 1. The lowest BCUT2D eigenvalue weighted by atomic mass is 10.0. The normalized spacial score (nSPS) is 19.6. The molecule has 0 spiro atoms. The zero-order chi connectivity index (χ0) is 22.6. The average molecular weight is 457 g/mol. The molecule has 9 nitrogen and oxygen atoms in total. The number of alkyl halides is 1. The van der Waals surface area contributed by atoms with Crippen LogP contribution >= 0.6 is 0 Å². The summed E-state index contributed by atoms with van der Waals surface area (Å²) in [5, 5.41) is 9.72. The third kappa shape index (κ3) is 3.03. The SMILES string of the molecule is Cc1nc2cnc3c(ccn3S(=O)(=O)c3ccccc3)c2n1[C@@H]1CCN(C(=O)O)C[C@H]1F. The van der Waals surface area contributed by atoms with Gasteiger partial charge in [0.15, 0.2) is 5.65 Å². The van der Waals surface area contributed by atoms with Crippen LogP contribution in [0.4, 0.5) is 9.18 Å². The summed E-state index contributed by atoms with van der Waals surface area (Å²) in [6.07, 6.45) is 0.638. The Bertz CT molecular complexity index is 1450. The van der Waals surface area contributed by atoms with Crippen LogP contribution in [0.3, 0.4) is 0 Å². The number of aryl methyl sites for hydroxylation is 1. The van der Waals surface area contributed by atoms with E-state index in [-0.39, 0.29) is 30.1 Å². The number of carboxylic acid groups (broad SMARTS) is 1. The van der Waals surface area contributed by atoms with Gasteiger partial charge in [0.1, 0.15) is 17.5 Å². The maximum absolute atomic E-state index is 15.1. The summed E-state index contributed by atoms with van der Waals surface area (Å²) < 4.78 is 44.3. The molecule has 2 atom stereocenters. The van der Waals surface area contributed by atoms with E-state index in [9.17, 15) is 18.3 Å². The molecule has 1 saturated heterocycles. The molecule has 3 aromatic heterocycles. The van der Waals surface area contributed by atoms with E-state index in [0.29, 0.717) is 22.2 Å². The molecule has 0 aliphatic carbocycles. The molecular weight excluding hydrogens is 437 g/mol. The topological polar surface area (TPSA) is 110 Å². The number of rotatable bonds is 3. The van der Waals surface area contributed by atoms with E-state index in [0.717, 1.165) is 8.87 Å². The van der Waals surface area contributed by atoms with Crippen LogP contribution in [0.1, 0.15) is 18.3 Å². The Hall–Kier alpha value is -3.47. The van der Waals surface area contributed by atoms with Crippen molar-refractivity contribution in [2.75, 3.05) is 13.1 Å². The number of nitrogens with zero attached hydrogens (tertiary/aromatic N) is 5. The van der Waals surface area contributed by atoms with Crippen molar-refractivity contribution in [3.8, 4) is 0 Å². The Morgan fingerprint density at radius 1 is 1.22 bits per heavy atom. The van der Waals surface area contributed by atoms with Crippen molar-refractivity contribution in [3.63, 3.8) is 0 Å². The van der Waals surface area contributed by atoms with Gasteiger partial charge in [0, 0.05) is 18.1 Å². The van der Waals surface area contributed by atoms with Crippen LogP contribution in [0.5, 0.6) is 0 Å². The Labute approximate surface area is 182 Å². The Balaban J connectivity index is 1.67. The summed E-state index contributed by atoms with van der Waals surface area (Å²) >= 11 is 0. The molecule has 4 heterocycles. The average Bonchev–Trinajstić information content (AvgIpc) is 3.35. The van der Waals surface area contributed by atoms with Crippen molar-refractivity contribution in [2.45, 2.75) is 30.5 Å². The summed E-state index contributed by atoms with van der Waals surface area (Å²) in [6, 6.07) is 9.08. The molecule has 32 heavy (non-hydrogen) atoms. The minimum Gasteiger partial charge on any atom is -0.465 e. The monoisotopic (exact) mass is 457 g/mol. The van der Waals surface area contributed by atoms with E-state index < -0.39 is 28.3 Å². The molecule has 4 aromatic rings. The van der Waals surface area contributed by atoms with Gasteiger partial charge in [-0.3, -0.25) is 0 Å². The maximum Gasteiger partial charge on any atom is 0.407 e. The smallest absolute Gasteiger partial charge is 0.407 e. The molecule has 0 unspecified atom stereocenters. The predicted molar refractivity (Wildman–Crippen MR) is 115 cm³/mol. The number of hydrogen-bond donors (Lipinski definition) is 1. The highest BCUT2D eigenvalue weighted by Crippen LogP contribution is 2.34. The van der Waals surface area contributed by atoms with Gasteiger partial charge in [-0.2, -0.15) is 0 Å². The number of carbonyl (C=O) groups is 1. The van der Waals surface area contributed by atoms with Crippen LogP contribution in [0.25, 0.3) is 22.1 Å². The number of piperidine rings is 1. The molecule has 0 radical (unpaired) electrons. The second kappa shape index (κ2) is 7.30. The first-order valence-electron chi connectivity index (χ1n) is 10.1. The van der Waals surface area contributed by atoms with Crippen LogP contribution in [-0.2, 0) is 10.0 Å². The second-order valence-electron chi connectivity index (χ2n) is 7.79. The van der Waals surface area contributed by atoms with Crippen molar-refractivity contribution in [2.24, 2.45) is 0 Å². The molecule has 1 aliphatic rings. The lowest BCUT2D eigenvalue weighted by Gasteiger charge is -2.34. The Kier molecular flexibility index (Phi) is 4.66. The molecule has 1 aliphatic heterocycles.